The average Bonchev–Trinajstić information content (AvgIpc) is 2.20. The minimum atomic E-state index is 0.442. The summed E-state index contributed by atoms with van der Waals surface area (Å²) in [5.74, 6) is 1.20. The highest BCUT2D eigenvalue weighted by Crippen LogP contribution is 2.19. The molecule has 2 rings (SSSR count). The summed E-state index contributed by atoms with van der Waals surface area (Å²) in [5.41, 5.74) is 5.76. The zero-order valence-corrected chi connectivity index (χ0v) is 11.0. The van der Waals surface area contributed by atoms with Crippen molar-refractivity contribution in [3.8, 4) is 0 Å². The van der Waals surface area contributed by atoms with Crippen LogP contribution < -0.4 is 16.0 Å². The van der Waals surface area contributed by atoms with Gasteiger partial charge in [-0.3, -0.25) is 0 Å². The van der Waals surface area contributed by atoms with Gasteiger partial charge >= 0.3 is 0 Å². The van der Waals surface area contributed by atoms with Crippen LogP contribution >= 0.6 is 15.9 Å². The van der Waals surface area contributed by atoms with Crippen molar-refractivity contribution in [1.82, 2.24) is 15.3 Å². The molecule has 0 aromatic carbocycles. The van der Waals surface area contributed by atoms with Gasteiger partial charge in [-0.1, -0.05) is 0 Å². The van der Waals surface area contributed by atoms with Crippen molar-refractivity contribution >= 4 is 27.7 Å². The third kappa shape index (κ3) is 2.44. The van der Waals surface area contributed by atoms with Crippen LogP contribution in [0.4, 0.5) is 11.8 Å². The largest absolute Gasteiger partial charge is 0.383 e. The standard InChI is InChI=1S/C10H16BrN5/c1-6-4-16(5-7(2)14-6)10-13-3-8(11)9(12)15-10/h3,6-7,14H,4-5H2,1-2H3,(H2,12,13,15)/t6-,7+. The Morgan fingerprint density at radius 2 is 2.06 bits per heavy atom. The molecular formula is C10H16BrN5. The van der Waals surface area contributed by atoms with Crippen LogP contribution in [-0.2, 0) is 0 Å². The SMILES string of the molecule is C[C@@H]1CN(c2ncc(Br)c(N)n2)C[C@H](C)N1. The van der Waals surface area contributed by atoms with Gasteiger partial charge in [-0.05, 0) is 29.8 Å². The number of rotatable bonds is 1. The van der Waals surface area contributed by atoms with Gasteiger partial charge in [-0.2, -0.15) is 4.98 Å². The lowest BCUT2D eigenvalue weighted by atomic mass is 10.1. The molecule has 5 nitrogen and oxygen atoms in total. The van der Waals surface area contributed by atoms with Crippen LogP contribution in [0.1, 0.15) is 13.8 Å². The van der Waals surface area contributed by atoms with E-state index >= 15 is 0 Å². The highest BCUT2D eigenvalue weighted by atomic mass is 79.9. The van der Waals surface area contributed by atoms with Crippen molar-refractivity contribution in [2.45, 2.75) is 25.9 Å². The predicted molar refractivity (Wildman–Crippen MR) is 68.4 cm³/mol. The van der Waals surface area contributed by atoms with E-state index in [0.717, 1.165) is 17.6 Å². The van der Waals surface area contributed by atoms with E-state index in [0.29, 0.717) is 23.8 Å². The summed E-state index contributed by atoms with van der Waals surface area (Å²) in [5, 5.41) is 3.47. The average molecular weight is 286 g/mol. The van der Waals surface area contributed by atoms with Gasteiger partial charge in [0.15, 0.2) is 0 Å². The molecule has 2 atom stereocenters. The van der Waals surface area contributed by atoms with Gasteiger partial charge in [0.1, 0.15) is 5.82 Å². The lowest BCUT2D eigenvalue weighted by Gasteiger charge is -2.36. The van der Waals surface area contributed by atoms with Crippen molar-refractivity contribution in [3.63, 3.8) is 0 Å². The number of nitrogen functional groups attached to an aromatic ring is 1. The van der Waals surface area contributed by atoms with Crippen LogP contribution in [-0.4, -0.2) is 35.1 Å². The van der Waals surface area contributed by atoms with Gasteiger partial charge in [-0.15, -0.1) is 0 Å². The van der Waals surface area contributed by atoms with Crippen LogP contribution in [0.2, 0.25) is 0 Å². The van der Waals surface area contributed by atoms with E-state index in [9.17, 15) is 0 Å². The Morgan fingerprint density at radius 1 is 1.44 bits per heavy atom. The van der Waals surface area contributed by atoms with Gasteiger partial charge in [0.05, 0.1) is 4.47 Å². The first-order chi connectivity index (χ1) is 7.56. The van der Waals surface area contributed by atoms with Crippen molar-refractivity contribution < 1.29 is 0 Å². The molecule has 3 N–H and O–H groups in total. The number of nitrogens with two attached hydrogens (primary N) is 1. The second-order valence-electron chi connectivity index (χ2n) is 4.28. The molecule has 0 unspecified atom stereocenters. The second kappa shape index (κ2) is 4.55. The van der Waals surface area contributed by atoms with Crippen LogP contribution in [0.5, 0.6) is 0 Å². The Labute approximate surface area is 104 Å². The number of nitrogens with zero attached hydrogens (tertiary/aromatic N) is 3. The molecule has 1 aromatic heterocycles. The minimum absolute atomic E-state index is 0.442. The number of nitrogens with one attached hydrogen (secondary N) is 1. The Kier molecular flexibility index (Phi) is 3.30. The maximum Gasteiger partial charge on any atom is 0.227 e. The summed E-state index contributed by atoms with van der Waals surface area (Å²) in [6.07, 6.45) is 1.70. The van der Waals surface area contributed by atoms with Crippen LogP contribution in [0.25, 0.3) is 0 Å². The van der Waals surface area contributed by atoms with Crippen LogP contribution in [0.15, 0.2) is 10.7 Å². The zero-order valence-electron chi connectivity index (χ0n) is 9.44. The molecule has 0 saturated carbocycles. The van der Waals surface area contributed by atoms with E-state index in [1.54, 1.807) is 6.20 Å². The molecule has 88 valence electrons. The summed E-state index contributed by atoms with van der Waals surface area (Å²) in [6, 6.07) is 0.884. The number of piperazine rings is 1. The van der Waals surface area contributed by atoms with E-state index in [1.807, 2.05) is 0 Å². The smallest absolute Gasteiger partial charge is 0.227 e. The lowest BCUT2D eigenvalue weighted by molar-refractivity contribution is 0.403. The molecule has 1 saturated heterocycles. The van der Waals surface area contributed by atoms with Gasteiger partial charge in [-0.25, -0.2) is 4.98 Å². The third-order valence-electron chi connectivity index (χ3n) is 2.60. The van der Waals surface area contributed by atoms with E-state index in [1.165, 1.54) is 0 Å². The quantitative estimate of drug-likeness (QED) is 0.806. The van der Waals surface area contributed by atoms with Crippen molar-refractivity contribution in [1.29, 1.82) is 0 Å². The number of anilines is 2. The van der Waals surface area contributed by atoms with E-state index in [4.69, 9.17) is 5.73 Å². The predicted octanol–water partition coefficient (Wildman–Crippen LogP) is 1.01. The van der Waals surface area contributed by atoms with Gasteiger partial charge in [0.25, 0.3) is 0 Å². The zero-order chi connectivity index (χ0) is 11.7. The van der Waals surface area contributed by atoms with E-state index < -0.39 is 0 Å². The Balaban J connectivity index is 2.19. The first kappa shape index (κ1) is 11.6. The Bertz CT molecular complexity index is 373. The number of hydrogen-bond donors (Lipinski definition) is 2. The number of hydrogen-bond acceptors (Lipinski definition) is 5. The fourth-order valence-corrected chi connectivity index (χ4v) is 2.20. The van der Waals surface area contributed by atoms with Crippen molar-refractivity contribution in [2.24, 2.45) is 0 Å². The molecule has 1 aliphatic rings. The normalized spacial score (nSPS) is 25.8. The first-order valence-electron chi connectivity index (χ1n) is 5.35. The molecule has 0 spiro atoms. The summed E-state index contributed by atoms with van der Waals surface area (Å²) >= 11 is 3.30. The molecule has 0 aliphatic carbocycles. The summed E-state index contributed by atoms with van der Waals surface area (Å²) < 4.78 is 0.743. The number of halogens is 1. The van der Waals surface area contributed by atoms with Gasteiger partial charge in [0, 0.05) is 31.4 Å². The topological polar surface area (TPSA) is 67.1 Å². The molecule has 1 aromatic rings. The van der Waals surface area contributed by atoms with Crippen LogP contribution in [0, 0.1) is 0 Å². The molecule has 2 heterocycles. The molecule has 6 heteroatoms. The molecule has 0 bridgehead atoms. The lowest BCUT2D eigenvalue weighted by Crippen LogP contribution is -2.54. The molecule has 0 radical (unpaired) electrons. The fraction of sp³-hybridized carbons (Fsp3) is 0.600. The monoisotopic (exact) mass is 285 g/mol. The minimum Gasteiger partial charge on any atom is -0.383 e. The first-order valence-corrected chi connectivity index (χ1v) is 6.14. The van der Waals surface area contributed by atoms with E-state index in [2.05, 4.69) is 50.0 Å². The third-order valence-corrected chi connectivity index (χ3v) is 3.21. The summed E-state index contributed by atoms with van der Waals surface area (Å²) in [4.78, 5) is 10.7. The van der Waals surface area contributed by atoms with Crippen molar-refractivity contribution in [3.05, 3.63) is 10.7 Å². The van der Waals surface area contributed by atoms with Gasteiger partial charge in [0.2, 0.25) is 5.95 Å². The summed E-state index contributed by atoms with van der Waals surface area (Å²) in [6.45, 7) is 6.13. The highest BCUT2D eigenvalue weighted by molar-refractivity contribution is 9.10. The molecule has 16 heavy (non-hydrogen) atoms. The Morgan fingerprint density at radius 3 is 2.62 bits per heavy atom. The second-order valence-corrected chi connectivity index (χ2v) is 5.13. The molecular weight excluding hydrogens is 270 g/mol. The molecule has 1 fully saturated rings. The summed E-state index contributed by atoms with van der Waals surface area (Å²) in [7, 11) is 0. The van der Waals surface area contributed by atoms with E-state index in [-0.39, 0.29) is 0 Å². The van der Waals surface area contributed by atoms with Crippen molar-refractivity contribution in [2.75, 3.05) is 23.7 Å². The maximum absolute atomic E-state index is 5.76. The molecule has 0 amide bonds. The number of aromatic nitrogens is 2. The fourth-order valence-electron chi connectivity index (χ4n) is 2.01. The van der Waals surface area contributed by atoms with Gasteiger partial charge < -0.3 is 16.0 Å². The van der Waals surface area contributed by atoms with Crippen LogP contribution in [0.3, 0.4) is 0 Å². The maximum atomic E-state index is 5.76. The Hall–Kier alpha value is -0.880. The molecule has 1 aliphatic heterocycles. The highest BCUT2D eigenvalue weighted by Gasteiger charge is 2.22.